The van der Waals surface area contributed by atoms with Crippen molar-refractivity contribution >= 4 is 31.1 Å². The van der Waals surface area contributed by atoms with Crippen LogP contribution in [0.1, 0.15) is 33.9 Å². The summed E-state index contributed by atoms with van der Waals surface area (Å²) in [6, 6.07) is 0.495. The van der Waals surface area contributed by atoms with Gasteiger partial charge in [0.2, 0.25) is 0 Å². The first-order valence-corrected chi connectivity index (χ1v) is 11.0. The van der Waals surface area contributed by atoms with E-state index in [0.29, 0.717) is 0 Å². The first kappa shape index (κ1) is 22.2. The summed E-state index contributed by atoms with van der Waals surface area (Å²) in [7, 11) is -3.89. The van der Waals surface area contributed by atoms with Crippen LogP contribution in [0.15, 0.2) is 17.1 Å². The molecule has 2 aliphatic rings. The highest BCUT2D eigenvalue weighted by molar-refractivity contribution is 7.51. The van der Waals surface area contributed by atoms with Crippen molar-refractivity contribution < 1.29 is 27.9 Å². The number of nitrogens with one attached hydrogen (secondary N) is 1. The first-order chi connectivity index (χ1) is 13.4. The molecule has 0 aliphatic carbocycles. The fourth-order valence-corrected chi connectivity index (χ4v) is 5.33. The van der Waals surface area contributed by atoms with E-state index in [2.05, 4.69) is 10.1 Å². The summed E-state index contributed by atoms with van der Waals surface area (Å²) in [6.07, 6.45) is -1.45. The largest absolute Gasteiger partial charge is 0.462 e. The zero-order valence-electron chi connectivity index (χ0n) is 16.4. The van der Waals surface area contributed by atoms with Crippen LogP contribution < -0.4 is 16.5 Å². The molecule has 6 atom stereocenters. The Morgan fingerprint density at radius 1 is 1.52 bits per heavy atom. The number of esters is 1. The summed E-state index contributed by atoms with van der Waals surface area (Å²) in [6.45, 7) is 6.37. The van der Waals surface area contributed by atoms with E-state index in [-0.39, 0.29) is 18.5 Å². The summed E-state index contributed by atoms with van der Waals surface area (Å²) in [5.41, 5.74) is 4.88. The van der Waals surface area contributed by atoms with E-state index < -0.39 is 48.8 Å². The lowest BCUT2D eigenvalue weighted by molar-refractivity contribution is -0.149. The number of carbonyl (C=O) groups is 1. The molecule has 0 radical (unpaired) electrons. The number of ether oxygens (including phenoxy) is 2. The molecule has 3 heterocycles. The number of nitrogens with two attached hydrogens (primary N) is 1. The van der Waals surface area contributed by atoms with Crippen LogP contribution in [0.4, 0.5) is 5.82 Å². The Balaban J connectivity index is 1.78. The molecule has 0 aromatic carbocycles. The normalized spacial score (nSPS) is 35.3. The monoisotopic (exact) mass is 450 g/mol. The number of aromatic nitrogens is 2. The van der Waals surface area contributed by atoms with Gasteiger partial charge in [0.05, 0.1) is 12.7 Å². The van der Waals surface area contributed by atoms with Crippen LogP contribution >= 0.6 is 19.3 Å². The van der Waals surface area contributed by atoms with Crippen LogP contribution in [-0.4, -0.2) is 51.4 Å². The molecule has 162 valence electrons. The van der Waals surface area contributed by atoms with Gasteiger partial charge in [-0.1, -0.05) is 0 Å². The highest BCUT2D eigenvalue weighted by Gasteiger charge is 2.60. The standard InChI is InChI=1S/C16H24ClN4O7P/c1-8(2)26-13(22)9(3)20-29(24)25-7-10-12(28-29)16(4,17)14(27-10)21-6-5-11(18)19-15(21)23/h5-6,8-10,12,14H,7H2,1-4H3,(H,20,24)(H2,18,19,23)/t9-,10+,12+,14+,16+,29-/m0/s1. The van der Waals surface area contributed by atoms with Gasteiger partial charge in [-0.05, 0) is 33.8 Å². The Bertz CT molecular complexity index is 892. The van der Waals surface area contributed by atoms with Gasteiger partial charge in [-0.25, -0.2) is 14.4 Å². The molecule has 2 aliphatic heterocycles. The zero-order chi connectivity index (χ0) is 21.6. The minimum atomic E-state index is -3.89. The Hall–Kier alpha value is -1.49. The van der Waals surface area contributed by atoms with Crippen LogP contribution in [0.5, 0.6) is 0 Å². The van der Waals surface area contributed by atoms with Gasteiger partial charge in [-0.3, -0.25) is 18.4 Å². The smallest absolute Gasteiger partial charge is 0.406 e. The van der Waals surface area contributed by atoms with Gasteiger partial charge in [0.25, 0.3) is 0 Å². The number of hydrogen-bond donors (Lipinski definition) is 2. The van der Waals surface area contributed by atoms with Crippen LogP contribution in [0, 0.1) is 0 Å². The lowest BCUT2D eigenvalue weighted by atomic mass is 10.0. The second-order valence-electron chi connectivity index (χ2n) is 7.38. The minimum absolute atomic E-state index is 0.0634. The molecule has 0 unspecified atom stereocenters. The number of rotatable bonds is 5. The van der Waals surface area contributed by atoms with Gasteiger partial charge in [-0.15, -0.1) is 11.6 Å². The van der Waals surface area contributed by atoms with E-state index in [4.69, 9.17) is 35.9 Å². The zero-order valence-corrected chi connectivity index (χ0v) is 18.1. The highest BCUT2D eigenvalue weighted by Crippen LogP contribution is 2.57. The molecule has 13 heteroatoms. The molecule has 1 aromatic heterocycles. The van der Waals surface area contributed by atoms with Gasteiger partial charge >= 0.3 is 19.4 Å². The molecule has 0 amide bonds. The average molecular weight is 451 g/mol. The second kappa shape index (κ2) is 7.98. The molecular weight excluding hydrogens is 427 g/mol. The number of fused-ring (bicyclic) bond motifs is 1. The van der Waals surface area contributed by atoms with Gasteiger partial charge in [0.1, 0.15) is 28.9 Å². The van der Waals surface area contributed by atoms with E-state index >= 15 is 0 Å². The molecular formula is C16H24ClN4O7P. The molecule has 3 rings (SSSR count). The molecule has 29 heavy (non-hydrogen) atoms. The third kappa shape index (κ3) is 4.50. The lowest BCUT2D eigenvalue weighted by Crippen LogP contribution is -2.47. The number of anilines is 1. The van der Waals surface area contributed by atoms with Gasteiger partial charge in [-0.2, -0.15) is 4.98 Å². The first-order valence-electron chi connectivity index (χ1n) is 9.03. The van der Waals surface area contributed by atoms with Crippen molar-refractivity contribution in [2.24, 2.45) is 0 Å². The summed E-state index contributed by atoms with van der Waals surface area (Å²) in [4.78, 5) is 26.6. The van der Waals surface area contributed by atoms with Crippen molar-refractivity contribution in [2.45, 2.75) is 63.2 Å². The SMILES string of the molecule is CC(C)OC(=O)[C@H](C)N[P@]1(=O)OC[C@H]2O[C@@H](n3ccc(N)nc3=O)[C@](C)(Cl)[C@@H]2O1. The molecule has 0 saturated carbocycles. The summed E-state index contributed by atoms with van der Waals surface area (Å²) in [5, 5.41) is 2.55. The number of nitrogens with zero attached hydrogens (tertiary/aromatic N) is 2. The van der Waals surface area contributed by atoms with E-state index in [1.165, 1.54) is 23.8 Å². The number of nitrogen functional groups attached to an aromatic ring is 1. The number of carbonyl (C=O) groups excluding carboxylic acids is 1. The molecule has 2 fully saturated rings. The van der Waals surface area contributed by atoms with Gasteiger partial charge in [0.15, 0.2) is 6.23 Å². The van der Waals surface area contributed by atoms with E-state index in [9.17, 15) is 14.2 Å². The molecule has 1 aromatic rings. The van der Waals surface area contributed by atoms with Crippen LogP contribution in [0.2, 0.25) is 0 Å². The number of hydrogen-bond acceptors (Lipinski definition) is 9. The van der Waals surface area contributed by atoms with Gasteiger partial charge < -0.3 is 15.2 Å². The predicted molar refractivity (Wildman–Crippen MR) is 103 cm³/mol. The fourth-order valence-electron chi connectivity index (χ4n) is 3.16. The molecule has 0 bridgehead atoms. The van der Waals surface area contributed by atoms with Crippen molar-refractivity contribution in [1.29, 1.82) is 0 Å². The van der Waals surface area contributed by atoms with Crippen LogP contribution in [0.3, 0.4) is 0 Å². The maximum atomic E-state index is 13.0. The van der Waals surface area contributed by atoms with Crippen LogP contribution in [0.25, 0.3) is 0 Å². The predicted octanol–water partition coefficient (Wildman–Crippen LogP) is 1.17. The van der Waals surface area contributed by atoms with Crippen molar-refractivity contribution in [1.82, 2.24) is 14.6 Å². The summed E-state index contributed by atoms with van der Waals surface area (Å²) in [5.74, 6) is -0.535. The topological polar surface area (TPSA) is 144 Å². The molecule has 2 saturated heterocycles. The third-order valence-corrected chi connectivity index (χ3v) is 6.60. The quantitative estimate of drug-likeness (QED) is 0.381. The Morgan fingerprint density at radius 3 is 2.83 bits per heavy atom. The lowest BCUT2D eigenvalue weighted by Gasteiger charge is -2.36. The maximum absolute atomic E-state index is 13.0. The number of alkyl halides is 1. The van der Waals surface area contributed by atoms with Crippen LogP contribution in [-0.2, 0) is 27.9 Å². The fraction of sp³-hybridized carbons (Fsp3) is 0.688. The minimum Gasteiger partial charge on any atom is -0.462 e. The average Bonchev–Trinajstić information content (AvgIpc) is 2.85. The molecule has 0 spiro atoms. The maximum Gasteiger partial charge on any atom is 0.406 e. The Labute approximate surface area is 172 Å². The Morgan fingerprint density at radius 2 is 2.21 bits per heavy atom. The summed E-state index contributed by atoms with van der Waals surface area (Å²) < 4.78 is 36.2. The van der Waals surface area contributed by atoms with Crippen molar-refractivity contribution in [3.63, 3.8) is 0 Å². The van der Waals surface area contributed by atoms with Gasteiger partial charge in [0, 0.05) is 6.20 Å². The Kier molecular flexibility index (Phi) is 6.11. The van der Waals surface area contributed by atoms with Crippen molar-refractivity contribution in [2.75, 3.05) is 12.3 Å². The van der Waals surface area contributed by atoms with E-state index in [1.54, 1.807) is 20.8 Å². The van der Waals surface area contributed by atoms with Crippen molar-refractivity contribution in [3.05, 3.63) is 22.7 Å². The summed E-state index contributed by atoms with van der Waals surface area (Å²) >= 11 is 6.68. The second-order valence-corrected chi connectivity index (χ2v) is 9.91. The van der Waals surface area contributed by atoms with E-state index in [1.807, 2.05) is 0 Å². The third-order valence-electron chi connectivity index (χ3n) is 4.50. The van der Waals surface area contributed by atoms with E-state index in [0.717, 1.165) is 0 Å². The highest BCUT2D eigenvalue weighted by atomic mass is 35.5. The molecule has 3 N–H and O–H groups in total. The van der Waals surface area contributed by atoms with Crippen molar-refractivity contribution in [3.8, 4) is 0 Å². The molecule has 11 nitrogen and oxygen atoms in total. The number of halogens is 1.